The number of hydrogen-bond donors (Lipinski definition) is 2. The molecule has 7 nitrogen and oxygen atoms in total. The van der Waals surface area contributed by atoms with Crippen molar-refractivity contribution in [3.05, 3.63) is 34.4 Å². The van der Waals surface area contributed by atoms with Gasteiger partial charge in [0.1, 0.15) is 11.4 Å². The zero-order valence-electron chi connectivity index (χ0n) is 7.95. The fourth-order valence-corrected chi connectivity index (χ4v) is 1.30. The molecule has 0 saturated carbocycles. The summed E-state index contributed by atoms with van der Waals surface area (Å²) in [6.07, 6.45) is 0. The number of phenols is 1. The molecule has 2 rings (SSSR count). The third-order valence-electron chi connectivity index (χ3n) is 1.98. The second kappa shape index (κ2) is 3.54. The molecule has 0 radical (unpaired) electrons. The molecule has 3 N–H and O–H groups in total. The van der Waals surface area contributed by atoms with Gasteiger partial charge in [-0.15, -0.1) is 0 Å². The minimum atomic E-state index is -0.570. The van der Waals surface area contributed by atoms with E-state index in [-0.39, 0.29) is 28.6 Å². The number of nitrogens with two attached hydrogens (primary N) is 1. The summed E-state index contributed by atoms with van der Waals surface area (Å²) >= 11 is 0. The van der Waals surface area contributed by atoms with Crippen LogP contribution < -0.4 is 5.73 Å². The van der Waals surface area contributed by atoms with E-state index >= 15 is 0 Å². The van der Waals surface area contributed by atoms with Crippen LogP contribution in [0.2, 0.25) is 0 Å². The molecule has 1 heterocycles. The van der Waals surface area contributed by atoms with Crippen molar-refractivity contribution in [2.75, 3.05) is 5.73 Å². The number of nitro groups is 1. The van der Waals surface area contributed by atoms with Crippen molar-refractivity contribution >= 4 is 11.6 Å². The Labute approximate surface area is 89.2 Å². The van der Waals surface area contributed by atoms with E-state index in [1.54, 1.807) is 0 Å². The van der Waals surface area contributed by atoms with Gasteiger partial charge in [-0.3, -0.25) is 10.1 Å². The van der Waals surface area contributed by atoms with E-state index < -0.39 is 4.92 Å². The average Bonchev–Trinajstić information content (AvgIpc) is 2.64. The summed E-state index contributed by atoms with van der Waals surface area (Å²) in [6.45, 7) is 0. The number of hydrogen-bond acceptors (Lipinski definition) is 6. The molecule has 0 fully saturated rings. The Balaban J connectivity index is 2.62. The molecule has 0 aliphatic rings. The lowest BCUT2D eigenvalue weighted by molar-refractivity contribution is -0.384. The maximum atomic E-state index is 10.7. The Hall–Kier alpha value is -2.57. The van der Waals surface area contributed by atoms with Gasteiger partial charge in [0.15, 0.2) is 0 Å². The minimum absolute atomic E-state index is 0.0487. The second-order valence-corrected chi connectivity index (χ2v) is 3.07. The summed E-state index contributed by atoms with van der Waals surface area (Å²) < 4.78 is 4.62. The number of phenolic OH excluding ortho intramolecular Hbond substituents is 1. The van der Waals surface area contributed by atoms with Crippen molar-refractivity contribution in [1.82, 2.24) is 5.16 Å². The molecule has 1 aromatic carbocycles. The first kappa shape index (κ1) is 9.97. The van der Waals surface area contributed by atoms with Crippen molar-refractivity contribution in [2.24, 2.45) is 0 Å². The molecule has 0 bridgehead atoms. The highest BCUT2D eigenvalue weighted by Gasteiger charge is 2.18. The maximum Gasteiger partial charge on any atom is 0.279 e. The van der Waals surface area contributed by atoms with Crippen molar-refractivity contribution < 1.29 is 14.6 Å². The Bertz CT molecular complexity index is 549. The van der Waals surface area contributed by atoms with Gasteiger partial charge in [-0.25, -0.2) is 0 Å². The van der Waals surface area contributed by atoms with Crippen molar-refractivity contribution in [3.63, 3.8) is 0 Å². The van der Waals surface area contributed by atoms with Crippen LogP contribution >= 0.6 is 0 Å². The van der Waals surface area contributed by atoms with Gasteiger partial charge in [-0.2, -0.15) is 0 Å². The summed E-state index contributed by atoms with van der Waals surface area (Å²) in [4.78, 5) is 10.2. The molecule has 82 valence electrons. The number of aromatic hydroxyl groups is 1. The van der Waals surface area contributed by atoms with Crippen LogP contribution in [0, 0.1) is 10.1 Å². The quantitative estimate of drug-likeness (QED) is 0.586. The lowest BCUT2D eigenvalue weighted by Crippen LogP contribution is -1.91. The number of nitrogen functional groups attached to an aromatic ring is 1. The SMILES string of the molecule is Nc1cc(-c2cc(O)ccc2[N+](=O)[O-])no1. The molecule has 0 saturated heterocycles. The van der Waals surface area contributed by atoms with Gasteiger partial charge in [0.2, 0.25) is 5.88 Å². The molecule has 0 unspecified atom stereocenters. The number of aromatic nitrogens is 1. The Morgan fingerprint density at radius 2 is 2.19 bits per heavy atom. The van der Waals surface area contributed by atoms with Crippen molar-refractivity contribution in [2.45, 2.75) is 0 Å². The van der Waals surface area contributed by atoms with E-state index in [2.05, 4.69) is 9.68 Å². The van der Waals surface area contributed by atoms with Gasteiger partial charge >= 0.3 is 0 Å². The zero-order chi connectivity index (χ0) is 11.7. The first-order valence-electron chi connectivity index (χ1n) is 4.28. The van der Waals surface area contributed by atoms with E-state index in [1.165, 1.54) is 24.3 Å². The number of benzene rings is 1. The third kappa shape index (κ3) is 1.65. The minimum Gasteiger partial charge on any atom is -0.508 e. The first-order valence-corrected chi connectivity index (χ1v) is 4.28. The summed E-state index contributed by atoms with van der Waals surface area (Å²) in [6, 6.07) is 5.00. The zero-order valence-corrected chi connectivity index (χ0v) is 7.95. The maximum absolute atomic E-state index is 10.7. The summed E-state index contributed by atoms with van der Waals surface area (Å²) in [5.41, 5.74) is 5.51. The Kier molecular flexibility index (Phi) is 2.20. The summed E-state index contributed by atoms with van der Waals surface area (Å²) in [7, 11) is 0. The fourth-order valence-electron chi connectivity index (χ4n) is 1.30. The number of nitro benzene ring substituents is 1. The van der Waals surface area contributed by atoms with Crippen LogP contribution in [-0.4, -0.2) is 15.2 Å². The standard InChI is InChI=1S/C9H7N3O4/c10-9-4-7(11-16-9)6-3-5(13)1-2-8(6)12(14)15/h1-4,13H,10H2. The van der Waals surface area contributed by atoms with Crippen LogP contribution in [0.15, 0.2) is 28.8 Å². The highest BCUT2D eigenvalue weighted by Crippen LogP contribution is 2.32. The van der Waals surface area contributed by atoms with Crippen LogP contribution in [0.4, 0.5) is 11.6 Å². The van der Waals surface area contributed by atoms with Crippen molar-refractivity contribution in [3.8, 4) is 17.0 Å². The molecule has 0 atom stereocenters. The van der Waals surface area contributed by atoms with Gasteiger partial charge in [0.05, 0.1) is 10.5 Å². The van der Waals surface area contributed by atoms with Crippen LogP contribution in [0.1, 0.15) is 0 Å². The van der Waals surface area contributed by atoms with E-state index in [9.17, 15) is 15.2 Å². The average molecular weight is 221 g/mol. The highest BCUT2D eigenvalue weighted by atomic mass is 16.6. The lowest BCUT2D eigenvalue weighted by Gasteiger charge is -1.99. The van der Waals surface area contributed by atoms with Crippen molar-refractivity contribution in [1.29, 1.82) is 0 Å². The van der Waals surface area contributed by atoms with Gasteiger partial charge in [0.25, 0.3) is 5.69 Å². The molecule has 0 amide bonds. The Morgan fingerprint density at radius 1 is 1.44 bits per heavy atom. The number of rotatable bonds is 2. The summed E-state index contributed by atoms with van der Waals surface area (Å²) in [5, 5.41) is 23.6. The Morgan fingerprint density at radius 3 is 2.75 bits per heavy atom. The third-order valence-corrected chi connectivity index (χ3v) is 1.98. The highest BCUT2D eigenvalue weighted by molar-refractivity contribution is 5.73. The molecule has 7 heteroatoms. The van der Waals surface area contributed by atoms with E-state index in [1.807, 2.05) is 0 Å². The predicted molar refractivity (Wildman–Crippen MR) is 54.7 cm³/mol. The number of anilines is 1. The van der Waals surface area contributed by atoms with Crippen LogP contribution in [-0.2, 0) is 0 Å². The molecule has 0 spiro atoms. The van der Waals surface area contributed by atoms with E-state index in [0.29, 0.717) is 0 Å². The lowest BCUT2D eigenvalue weighted by atomic mass is 10.1. The molecule has 1 aromatic heterocycles. The normalized spacial score (nSPS) is 10.2. The number of nitrogens with zero attached hydrogens (tertiary/aromatic N) is 2. The van der Waals surface area contributed by atoms with Crippen LogP contribution in [0.25, 0.3) is 11.3 Å². The van der Waals surface area contributed by atoms with E-state index in [0.717, 1.165) is 0 Å². The van der Waals surface area contributed by atoms with Gasteiger partial charge in [0, 0.05) is 12.1 Å². The molecular weight excluding hydrogens is 214 g/mol. The van der Waals surface area contributed by atoms with Gasteiger partial charge in [-0.05, 0) is 12.1 Å². The predicted octanol–water partition coefficient (Wildman–Crippen LogP) is 1.54. The molecule has 0 aliphatic heterocycles. The van der Waals surface area contributed by atoms with E-state index in [4.69, 9.17) is 5.73 Å². The molecule has 0 aliphatic carbocycles. The van der Waals surface area contributed by atoms with Gasteiger partial charge < -0.3 is 15.4 Å². The summed E-state index contributed by atoms with van der Waals surface area (Å²) in [5.74, 6) is -0.0465. The topological polar surface area (TPSA) is 115 Å². The molecular formula is C9H7N3O4. The largest absolute Gasteiger partial charge is 0.508 e. The van der Waals surface area contributed by atoms with Crippen LogP contribution in [0.3, 0.4) is 0 Å². The fraction of sp³-hybridized carbons (Fsp3) is 0. The first-order chi connectivity index (χ1) is 7.58. The second-order valence-electron chi connectivity index (χ2n) is 3.07. The smallest absolute Gasteiger partial charge is 0.279 e. The molecule has 16 heavy (non-hydrogen) atoms. The van der Waals surface area contributed by atoms with Crippen LogP contribution in [0.5, 0.6) is 5.75 Å². The monoisotopic (exact) mass is 221 g/mol. The molecule has 2 aromatic rings. The van der Waals surface area contributed by atoms with Gasteiger partial charge in [-0.1, -0.05) is 5.16 Å².